The molecule has 0 fully saturated rings. The first-order chi connectivity index (χ1) is 12.0. The van der Waals surface area contributed by atoms with Crippen molar-refractivity contribution in [1.82, 2.24) is 14.5 Å². The molecule has 3 rings (SSSR count). The topological polar surface area (TPSA) is 38.1 Å². The van der Waals surface area contributed by atoms with Crippen molar-refractivity contribution in [3.8, 4) is 0 Å². The molecule has 0 aliphatic carbocycles. The Hall–Kier alpha value is -2.25. The summed E-state index contributed by atoms with van der Waals surface area (Å²) in [5.41, 5.74) is 0. The predicted octanol–water partition coefficient (Wildman–Crippen LogP) is 4.82. The fraction of sp³-hybridized carbons (Fsp3) is 0.176. The van der Waals surface area contributed by atoms with Gasteiger partial charge in [0.15, 0.2) is 0 Å². The summed E-state index contributed by atoms with van der Waals surface area (Å²) in [4.78, 5) is 18.2. The minimum Gasteiger partial charge on any atom is -0.335 e. The summed E-state index contributed by atoms with van der Waals surface area (Å²) in [5.74, 6) is -0.198. The number of likely N-dealkylation sites (N-methyl/N-ethyl adjacent to an activating group) is 1. The fourth-order valence-electron chi connectivity index (χ4n) is 2.35. The Morgan fingerprint density at radius 1 is 1.44 bits per heavy atom. The number of hydrogen-bond acceptors (Lipinski definition) is 3. The second-order valence-corrected chi connectivity index (χ2v) is 6.79. The molecule has 25 heavy (non-hydrogen) atoms. The molecule has 1 amide bonds. The monoisotopic (exact) mass is 381 g/mol. The maximum atomic E-state index is 12.8. The van der Waals surface area contributed by atoms with Crippen LogP contribution in [-0.2, 0) is 11.3 Å². The highest BCUT2D eigenvalue weighted by atomic mass is 35.5. The van der Waals surface area contributed by atoms with Gasteiger partial charge in [-0.15, -0.1) is 11.3 Å². The molecule has 4 nitrogen and oxygen atoms in total. The van der Waals surface area contributed by atoms with Crippen LogP contribution in [0.5, 0.6) is 0 Å². The number of fused-ring (bicyclic) bond motifs is 1. The number of aromatic nitrogens is 2. The van der Waals surface area contributed by atoms with E-state index in [1.807, 2.05) is 24.3 Å². The number of benzene rings is 1. The van der Waals surface area contributed by atoms with Crippen molar-refractivity contribution in [2.45, 2.75) is 13.1 Å². The Morgan fingerprint density at radius 2 is 2.20 bits per heavy atom. The molecular formula is C17H14ClF2N3OS. The molecule has 0 aliphatic heterocycles. The lowest BCUT2D eigenvalue weighted by molar-refractivity contribution is -0.125. The van der Waals surface area contributed by atoms with Crippen molar-refractivity contribution in [2.75, 3.05) is 7.05 Å². The molecule has 0 saturated carbocycles. The van der Waals surface area contributed by atoms with Crippen molar-refractivity contribution in [3.05, 3.63) is 58.5 Å². The van der Waals surface area contributed by atoms with Crippen molar-refractivity contribution < 1.29 is 13.6 Å². The zero-order valence-corrected chi connectivity index (χ0v) is 14.8. The van der Waals surface area contributed by atoms with Gasteiger partial charge in [-0.2, -0.15) is 8.78 Å². The number of imidazole rings is 1. The Bertz CT molecular complexity index is 935. The molecule has 0 atom stereocenters. The highest BCUT2D eigenvalue weighted by Crippen LogP contribution is 2.35. The number of carbonyl (C=O) groups is 1. The van der Waals surface area contributed by atoms with Crippen LogP contribution in [-0.4, -0.2) is 27.4 Å². The zero-order chi connectivity index (χ0) is 18.0. The molecule has 130 valence electrons. The Balaban J connectivity index is 1.73. The lowest BCUT2D eigenvalue weighted by Gasteiger charge is -2.15. The third kappa shape index (κ3) is 3.72. The van der Waals surface area contributed by atoms with Gasteiger partial charge in [0, 0.05) is 40.5 Å². The predicted molar refractivity (Wildman–Crippen MR) is 95.8 cm³/mol. The molecule has 0 unspecified atom stereocenters. The second kappa shape index (κ2) is 7.33. The Kier molecular flexibility index (Phi) is 5.15. The summed E-state index contributed by atoms with van der Waals surface area (Å²) < 4.78 is 27.4. The number of halogens is 3. The fourth-order valence-corrected chi connectivity index (χ4v) is 3.75. The number of amides is 1. The van der Waals surface area contributed by atoms with Gasteiger partial charge in [-0.25, -0.2) is 4.98 Å². The summed E-state index contributed by atoms with van der Waals surface area (Å²) in [6, 6.07) is 7.70. The first kappa shape index (κ1) is 17.6. The van der Waals surface area contributed by atoms with Crippen LogP contribution in [0.3, 0.4) is 0 Å². The number of rotatable bonds is 5. The van der Waals surface area contributed by atoms with Gasteiger partial charge in [-0.1, -0.05) is 29.8 Å². The molecule has 0 saturated heterocycles. The first-order valence-electron chi connectivity index (χ1n) is 7.37. The molecule has 3 aromatic rings. The van der Waals surface area contributed by atoms with Crippen molar-refractivity contribution in [3.63, 3.8) is 0 Å². The van der Waals surface area contributed by atoms with E-state index in [-0.39, 0.29) is 18.3 Å². The Labute approximate surface area is 152 Å². The molecule has 0 radical (unpaired) electrons. The van der Waals surface area contributed by atoms with E-state index in [1.54, 1.807) is 6.08 Å². The highest BCUT2D eigenvalue weighted by Gasteiger charge is 2.15. The van der Waals surface area contributed by atoms with Gasteiger partial charge in [0.05, 0.1) is 11.6 Å². The van der Waals surface area contributed by atoms with Crippen molar-refractivity contribution in [2.24, 2.45) is 0 Å². The maximum Gasteiger partial charge on any atom is 0.319 e. The molecule has 0 aliphatic rings. The van der Waals surface area contributed by atoms with Gasteiger partial charge >= 0.3 is 6.55 Å². The molecular weight excluding hydrogens is 368 g/mol. The van der Waals surface area contributed by atoms with E-state index in [9.17, 15) is 13.6 Å². The van der Waals surface area contributed by atoms with Crippen LogP contribution in [0.15, 0.2) is 42.7 Å². The summed E-state index contributed by atoms with van der Waals surface area (Å²) in [6.45, 7) is -2.70. The van der Waals surface area contributed by atoms with E-state index < -0.39 is 6.55 Å². The van der Waals surface area contributed by atoms with Crippen LogP contribution in [0.25, 0.3) is 16.2 Å². The average molecular weight is 382 g/mol. The lowest BCUT2D eigenvalue weighted by Crippen LogP contribution is -2.26. The summed E-state index contributed by atoms with van der Waals surface area (Å²) in [6.07, 6.45) is 5.50. The summed E-state index contributed by atoms with van der Waals surface area (Å²) in [7, 11) is 1.53. The Morgan fingerprint density at radius 3 is 2.92 bits per heavy atom. The number of thiophene rings is 1. The summed E-state index contributed by atoms with van der Waals surface area (Å²) in [5, 5.41) is 1.54. The van der Waals surface area contributed by atoms with Gasteiger partial charge in [-0.3, -0.25) is 9.36 Å². The van der Waals surface area contributed by atoms with Crippen LogP contribution in [0.4, 0.5) is 8.78 Å². The van der Waals surface area contributed by atoms with E-state index >= 15 is 0 Å². The minimum atomic E-state index is -2.69. The second-order valence-electron chi connectivity index (χ2n) is 5.33. The van der Waals surface area contributed by atoms with E-state index in [0.29, 0.717) is 5.02 Å². The number of hydrogen-bond donors (Lipinski definition) is 0. The van der Waals surface area contributed by atoms with Gasteiger partial charge in [0.1, 0.15) is 5.82 Å². The van der Waals surface area contributed by atoms with E-state index in [0.717, 1.165) is 19.5 Å². The summed E-state index contributed by atoms with van der Waals surface area (Å²) >= 11 is 7.81. The minimum absolute atomic E-state index is 0.0132. The third-order valence-electron chi connectivity index (χ3n) is 3.65. The maximum absolute atomic E-state index is 12.8. The molecule has 1 aromatic carbocycles. The average Bonchev–Trinajstić information content (AvgIpc) is 3.18. The zero-order valence-electron chi connectivity index (χ0n) is 13.2. The van der Waals surface area contributed by atoms with Crippen LogP contribution in [0.1, 0.15) is 17.3 Å². The molecule has 2 heterocycles. The SMILES string of the molecule is CN(Cc1nccn1C(F)F)C(=O)/C=C/c1sc2ccccc2c1Cl. The molecule has 0 bridgehead atoms. The highest BCUT2D eigenvalue weighted by molar-refractivity contribution is 7.20. The number of alkyl halides is 2. The van der Waals surface area contributed by atoms with Crippen LogP contribution in [0.2, 0.25) is 5.02 Å². The van der Waals surface area contributed by atoms with Crippen LogP contribution >= 0.6 is 22.9 Å². The lowest BCUT2D eigenvalue weighted by atomic mass is 10.2. The van der Waals surface area contributed by atoms with Crippen molar-refractivity contribution in [1.29, 1.82) is 0 Å². The van der Waals surface area contributed by atoms with Crippen LogP contribution in [0, 0.1) is 0 Å². The van der Waals surface area contributed by atoms with Gasteiger partial charge in [0.2, 0.25) is 5.91 Å². The van der Waals surface area contributed by atoms with E-state index in [4.69, 9.17) is 11.6 Å². The van der Waals surface area contributed by atoms with E-state index in [2.05, 4.69) is 4.98 Å². The van der Waals surface area contributed by atoms with Gasteiger partial charge in [-0.05, 0) is 12.1 Å². The third-order valence-corrected chi connectivity index (χ3v) is 5.31. The van der Waals surface area contributed by atoms with E-state index in [1.165, 1.54) is 41.8 Å². The molecule has 2 aromatic heterocycles. The van der Waals surface area contributed by atoms with Gasteiger partial charge < -0.3 is 4.90 Å². The number of carbonyl (C=O) groups excluding carboxylic acids is 1. The van der Waals surface area contributed by atoms with Crippen molar-refractivity contribution >= 4 is 45.0 Å². The molecule has 0 spiro atoms. The first-order valence-corrected chi connectivity index (χ1v) is 8.57. The van der Waals surface area contributed by atoms with Crippen LogP contribution < -0.4 is 0 Å². The van der Waals surface area contributed by atoms with Gasteiger partial charge in [0.25, 0.3) is 0 Å². The number of nitrogens with zero attached hydrogens (tertiary/aromatic N) is 3. The molecule has 8 heteroatoms. The normalized spacial score (nSPS) is 11.7. The standard InChI is InChI=1S/C17H14ClF2N3OS/c1-22(10-14-21-8-9-23(14)17(19)20)15(24)7-6-13-16(18)11-4-2-3-5-12(11)25-13/h2-9,17H,10H2,1H3/b7-6+. The quantitative estimate of drug-likeness (QED) is 0.594. The smallest absolute Gasteiger partial charge is 0.319 e. The largest absolute Gasteiger partial charge is 0.335 e. The molecule has 0 N–H and O–H groups in total.